The summed E-state index contributed by atoms with van der Waals surface area (Å²) in [7, 11) is 0. The van der Waals surface area contributed by atoms with E-state index >= 15 is 0 Å². The monoisotopic (exact) mass is 213 g/mol. The number of aromatic nitrogens is 1. The first kappa shape index (κ1) is 12.1. The van der Waals surface area contributed by atoms with Gasteiger partial charge in [-0.3, -0.25) is 0 Å². The van der Waals surface area contributed by atoms with E-state index in [0.29, 0.717) is 5.56 Å². The lowest BCUT2D eigenvalue weighted by Gasteiger charge is -2.05. The number of terminal acetylenes is 1. The van der Waals surface area contributed by atoms with Crippen LogP contribution in [0.25, 0.3) is 0 Å². The van der Waals surface area contributed by atoms with Crippen LogP contribution in [-0.2, 0) is 0 Å². The van der Waals surface area contributed by atoms with E-state index in [4.69, 9.17) is 11.7 Å². The first-order valence-corrected chi connectivity index (χ1v) is 5.32. The average Bonchev–Trinajstić information content (AvgIpc) is 2.28. The molecule has 0 aliphatic carbocycles. The molecule has 1 N–H and O–H groups in total. The van der Waals surface area contributed by atoms with Crippen molar-refractivity contribution >= 4 is 5.82 Å². The molecule has 0 bridgehead atoms. The fraction of sp³-hybridized carbons (Fsp3) is 0.385. The van der Waals surface area contributed by atoms with Crippen LogP contribution in [0.4, 0.5) is 5.82 Å². The molecular formula is C13H15N3. The number of pyridine rings is 1. The zero-order valence-corrected chi connectivity index (χ0v) is 9.45. The number of unbranched alkanes of at least 4 members (excludes halogenated alkanes) is 2. The predicted octanol–water partition coefficient (Wildman–Crippen LogP) is 2.48. The molecule has 1 heterocycles. The quantitative estimate of drug-likeness (QED) is 0.603. The molecular weight excluding hydrogens is 198 g/mol. The number of hydrogen-bond acceptors (Lipinski definition) is 3. The highest BCUT2D eigenvalue weighted by Gasteiger charge is 1.98. The zero-order valence-electron chi connectivity index (χ0n) is 9.45. The molecule has 3 heteroatoms. The van der Waals surface area contributed by atoms with Crippen molar-refractivity contribution in [2.24, 2.45) is 0 Å². The van der Waals surface area contributed by atoms with Crippen molar-refractivity contribution in [3.8, 4) is 18.4 Å². The van der Waals surface area contributed by atoms with Gasteiger partial charge in [0.2, 0.25) is 0 Å². The normalized spacial score (nSPS) is 9.19. The Balaban J connectivity index is 2.45. The summed E-state index contributed by atoms with van der Waals surface area (Å²) in [5, 5.41) is 12.0. The van der Waals surface area contributed by atoms with Crippen molar-refractivity contribution in [2.75, 3.05) is 11.9 Å². The van der Waals surface area contributed by atoms with E-state index < -0.39 is 0 Å². The Morgan fingerprint density at radius 2 is 2.25 bits per heavy atom. The standard InChI is InChI=1S/C13H15N3/c1-3-4-5-6-7-15-13-9-12(10-14)8-11(2)16-13/h1,8-9H,4-7H2,2H3,(H,15,16). The maximum absolute atomic E-state index is 8.80. The van der Waals surface area contributed by atoms with Crippen LogP contribution in [0.2, 0.25) is 0 Å². The Morgan fingerprint density at radius 1 is 1.44 bits per heavy atom. The molecule has 1 aromatic heterocycles. The third kappa shape index (κ3) is 4.02. The molecule has 0 aliphatic rings. The maximum atomic E-state index is 8.80. The van der Waals surface area contributed by atoms with E-state index in [1.807, 2.05) is 6.92 Å². The van der Waals surface area contributed by atoms with Gasteiger partial charge in [-0.1, -0.05) is 0 Å². The van der Waals surface area contributed by atoms with Gasteiger partial charge in [-0.2, -0.15) is 5.26 Å². The van der Waals surface area contributed by atoms with Crippen molar-refractivity contribution in [3.05, 3.63) is 23.4 Å². The minimum atomic E-state index is 0.638. The second kappa shape index (κ2) is 6.48. The summed E-state index contributed by atoms with van der Waals surface area (Å²) in [5.74, 6) is 3.37. The Kier molecular flexibility index (Phi) is 4.89. The SMILES string of the molecule is C#CCCCCNc1cc(C#N)cc(C)n1. The Hall–Kier alpha value is -2.00. The van der Waals surface area contributed by atoms with Gasteiger partial charge in [-0.15, -0.1) is 12.3 Å². The molecule has 0 unspecified atom stereocenters. The minimum Gasteiger partial charge on any atom is -0.370 e. The zero-order chi connectivity index (χ0) is 11.8. The Labute approximate surface area is 96.5 Å². The van der Waals surface area contributed by atoms with E-state index in [2.05, 4.69) is 22.3 Å². The van der Waals surface area contributed by atoms with E-state index in [9.17, 15) is 0 Å². The second-order valence-corrected chi connectivity index (χ2v) is 3.58. The summed E-state index contributed by atoms with van der Waals surface area (Å²) < 4.78 is 0. The van der Waals surface area contributed by atoms with Crippen LogP contribution in [0, 0.1) is 30.6 Å². The highest BCUT2D eigenvalue weighted by molar-refractivity contribution is 5.44. The molecule has 82 valence electrons. The number of nitrogens with zero attached hydrogens (tertiary/aromatic N) is 2. The Bertz CT molecular complexity index is 424. The van der Waals surface area contributed by atoms with Gasteiger partial charge in [0.05, 0.1) is 11.6 Å². The van der Waals surface area contributed by atoms with Crippen LogP contribution in [-0.4, -0.2) is 11.5 Å². The van der Waals surface area contributed by atoms with Crippen LogP contribution < -0.4 is 5.32 Å². The molecule has 0 saturated carbocycles. The van der Waals surface area contributed by atoms with Gasteiger partial charge in [-0.25, -0.2) is 4.98 Å². The smallest absolute Gasteiger partial charge is 0.127 e. The molecule has 0 spiro atoms. The van der Waals surface area contributed by atoms with Crippen LogP contribution in [0.3, 0.4) is 0 Å². The lowest BCUT2D eigenvalue weighted by molar-refractivity contribution is 0.787. The van der Waals surface area contributed by atoms with Crippen molar-refractivity contribution in [1.29, 1.82) is 5.26 Å². The van der Waals surface area contributed by atoms with E-state index in [1.165, 1.54) is 0 Å². The molecule has 0 aromatic carbocycles. The van der Waals surface area contributed by atoms with Crippen LogP contribution >= 0.6 is 0 Å². The number of anilines is 1. The lowest BCUT2D eigenvalue weighted by Crippen LogP contribution is -2.04. The molecule has 1 rings (SSSR count). The number of nitriles is 1. The highest BCUT2D eigenvalue weighted by atomic mass is 15.0. The van der Waals surface area contributed by atoms with E-state index in [1.54, 1.807) is 12.1 Å². The summed E-state index contributed by atoms with van der Waals surface area (Å²) in [6.07, 6.45) is 8.00. The number of hydrogen-bond donors (Lipinski definition) is 1. The number of rotatable bonds is 5. The van der Waals surface area contributed by atoms with E-state index in [0.717, 1.165) is 37.3 Å². The fourth-order valence-electron chi connectivity index (χ4n) is 1.39. The molecule has 1 aromatic rings. The van der Waals surface area contributed by atoms with Gasteiger partial charge in [0, 0.05) is 18.7 Å². The molecule has 0 amide bonds. The summed E-state index contributed by atoms with van der Waals surface area (Å²) in [5.41, 5.74) is 1.49. The summed E-state index contributed by atoms with van der Waals surface area (Å²) in [4.78, 5) is 4.30. The minimum absolute atomic E-state index is 0.638. The largest absolute Gasteiger partial charge is 0.370 e. The average molecular weight is 213 g/mol. The summed E-state index contributed by atoms with van der Waals surface area (Å²) in [6.45, 7) is 2.72. The summed E-state index contributed by atoms with van der Waals surface area (Å²) in [6, 6.07) is 5.64. The molecule has 0 saturated heterocycles. The van der Waals surface area contributed by atoms with Gasteiger partial charge >= 0.3 is 0 Å². The van der Waals surface area contributed by atoms with Gasteiger partial charge in [0.15, 0.2) is 0 Å². The van der Waals surface area contributed by atoms with Crippen LogP contribution in [0.5, 0.6) is 0 Å². The molecule has 16 heavy (non-hydrogen) atoms. The maximum Gasteiger partial charge on any atom is 0.127 e. The first-order valence-electron chi connectivity index (χ1n) is 5.32. The van der Waals surface area contributed by atoms with Crippen LogP contribution in [0.15, 0.2) is 12.1 Å². The van der Waals surface area contributed by atoms with Crippen molar-refractivity contribution in [1.82, 2.24) is 4.98 Å². The molecule has 0 atom stereocenters. The Morgan fingerprint density at radius 3 is 2.94 bits per heavy atom. The van der Waals surface area contributed by atoms with E-state index in [-0.39, 0.29) is 0 Å². The first-order chi connectivity index (χ1) is 7.76. The van der Waals surface area contributed by atoms with Crippen molar-refractivity contribution < 1.29 is 0 Å². The van der Waals surface area contributed by atoms with Gasteiger partial charge in [0.25, 0.3) is 0 Å². The third-order valence-electron chi connectivity index (χ3n) is 2.14. The van der Waals surface area contributed by atoms with Gasteiger partial charge < -0.3 is 5.32 Å². The lowest BCUT2D eigenvalue weighted by atomic mass is 10.2. The second-order valence-electron chi connectivity index (χ2n) is 3.58. The van der Waals surface area contributed by atoms with Crippen LogP contribution in [0.1, 0.15) is 30.5 Å². The van der Waals surface area contributed by atoms with Crippen molar-refractivity contribution in [3.63, 3.8) is 0 Å². The fourth-order valence-corrected chi connectivity index (χ4v) is 1.39. The molecule has 3 nitrogen and oxygen atoms in total. The summed E-state index contributed by atoms with van der Waals surface area (Å²) >= 11 is 0. The van der Waals surface area contributed by atoms with Gasteiger partial charge in [0.1, 0.15) is 5.82 Å². The van der Waals surface area contributed by atoms with Gasteiger partial charge in [-0.05, 0) is 31.9 Å². The molecule has 0 fully saturated rings. The molecule has 0 aliphatic heterocycles. The predicted molar refractivity (Wildman–Crippen MR) is 64.9 cm³/mol. The number of aryl methyl sites for hydroxylation is 1. The topological polar surface area (TPSA) is 48.7 Å². The molecule has 0 radical (unpaired) electrons. The third-order valence-corrected chi connectivity index (χ3v) is 2.14. The highest BCUT2D eigenvalue weighted by Crippen LogP contribution is 2.09. The number of nitrogens with one attached hydrogen (secondary N) is 1. The van der Waals surface area contributed by atoms with Crippen molar-refractivity contribution in [2.45, 2.75) is 26.2 Å².